The van der Waals surface area contributed by atoms with Crippen molar-refractivity contribution in [3.8, 4) is 17.0 Å². The SMILES string of the molecule is C=C(C)[C@@H](CC[C@@H](C)[C@H]1CC[C@H]2[C@@H]3C[C@H](OS(=O)(=O)[O-])[C@H]4C[C@@H](OS(=O)(=O)[O-])[C@@H](OS(=O)(=O)[O-])C[C@]4(C)[C@H]3CC[C@]12C)n1cncc1-c1ccc(O)cc1.[Na+].[Na+].[Na+]. The number of allylic oxidation sites excluding steroid dienone is 1. The van der Waals surface area contributed by atoms with E-state index in [0.29, 0.717) is 18.3 Å². The smallest absolute Gasteiger partial charge is 0.726 e. The Balaban J connectivity index is 0.00000290. The fourth-order valence-corrected chi connectivity index (χ4v) is 13.2. The Hall–Kier alpha value is 0.580. The summed E-state index contributed by atoms with van der Waals surface area (Å²) < 4.78 is 123. The largest absolute Gasteiger partial charge is 1.00 e. The molecule has 4 fully saturated rings. The van der Waals surface area contributed by atoms with Gasteiger partial charge in [0.25, 0.3) is 0 Å². The first-order valence-corrected chi connectivity index (χ1v) is 22.4. The number of nitrogens with zero attached hydrogens (tertiary/aromatic N) is 2. The molecule has 0 spiro atoms. The van der Waals surface area contributed by atoms with E-state index < -0.39 is 60.8 Å². The number of phenolic OH excluding ortho intramolecular Hbond substituents is 1. The molecule has 0 aliphatic heterocycles. The van der Waals surface area contributed by atoms with Crippen LogP contribution in [0.15, 0.2) is 48.9 Å². The van der Waals surface area contributed by atoms with Gasteiger partial charge < -0.3 is 23.3 Å². The summed E-state index contributed by atoms with van der Waals surface area (Å²) in [7, 11) is -16.0. The van der Waals surface area contributed by atoms with Gasteiger partial charge >= 0.3 is 88.7 Å². The number of hydrogen-bond acceptors (Lipinski definition) is 14. The first kappa shape index (κ1) is 51.9. The van der Waals surface area contributed by atoms with E-state index in [9.17, 15) is 44.0 Å². The molecule has 12 atom stereocenters. The number of fused-ring (bicyclic) bond motifs is 5. The van der Waals surface area contributed by atoms with E-state index >= 15 is 0 Å². The van der Waals surface area contributed by atoms with E-state index in [0.717, 1.165) is 48.9 Å². The molecule has 0 bridgehead atoms. The van der Waals surface area contributed by atoms with Crippen molar-refractivity contribution in [1.29, 1.82) is 0 Å². The van der Waals surface area contributed by atoms with Crippen LogP contribution in [-0.4, -0.2) is 71.9 Å². The van der Waals surface area contributed by atoms with Crippen LogP contribution in [0.2, 0.25) is 0 Å². The normalized spacial score (nSPS) is 33.5. The van der Waals surface area contributed by atoms with Crippen molar-refractivity contribution in [1.82, 2.24) is 9.55 Å². The molecule has 0 saturated heterocycles. The first-order valence-electron chi connectivity index (χ1n) is 18.4. The maximum atomic E-state index is 12.1. The van der Waals surface area contributed by atoms with E-state index in [1.807, 2.05) is 26.0 Å². The average Bonchev–Trinajstić information content (AvgIpc) is 3.65. The average molecular weight is 883 g/mol. The van der Waals surface area contributed by atoms with Crippen molar-refractivity contribution in [3.05, 3.63) is 48.9 Å². The van der Waals surface area contributed by atoms with Gasteiger partial charge in [0.2, 0.25) is 31.2 Å². The van der Waals surface area contributed by atoms with E-state index in [2.05, 4.69) is 34.2 Å². The van der Waals surface area contributed by atoms with Crippen LogP contribution in [0.3, 0.4) is 0 Å². The van der Waals surface area contributed by atoms with Gasteiger partial charge in [0.15, 0.2) is 0 Å². The standard InChI is InChI=1S/C36H52N2O13S3.3Na/c1-21(2)30(38-20-37-19-31(38)23-7-9-24(39)10-8-23)13-6-22(3)26-11-12-27-25-16-32(49-52(40,41)42)29-17-33(50-53(43,44)45)34(51-54(46,47)48)18-36(29,5)28(25)14-15-35(26,27)4;;;/h7-10,19-20,22,25-30,32-34,39H,1,6,11-18H2,2-5H3,(H,40,41,42)(H,43,44,45)(H,46,47,48);;;/q;3*+1/p-3/t22-,25+,26-,27+,28+,29-,30-,32+,33-,34+,35-,36-;;;/m1.../s1. The summed E-state index contributed by atoms with van der Waals surface area (Å²) in [5.41, 5.74) is 1.71. The Morgan fingerprint density at radius 1 is 0.842 bits per heavy atom. The van der Waals surface area contributed by atoms with Crippen molar-refractivity contribution in [3.63, 3.8) is 0 Å². The third kappa shape index (κ3) is 11.6. The molecule has 4 aliphatic carbocycles. The summed E-state index contributed by atoms with van der Waals surface area (Å²) in [6, 6.07) is 6.96. The fourth-order valence-electron chi connectivity index (χ4n) is 11.6. The Morgan fingerprint density at radius 2 is 1.40 bits per heavy atom. The van der Waals surface area contributed by atoms with Gasteiger partial charge in [-0.05, 0) is 135 Å². The van der Waals surface area contributed by atoms with Crippen LogP contribution in [-0.2, 0) is 43.7 Å². The molecule has 4 aliphatic rings. The van der Waals surface area contributed by atoms with E-state index in [-0.39, 0.29) is 143 Å². The summed E-state index contributed by atoms with van der Waals surface area (Å²) in [6.45, 7) is 12.7. The minimum Gasteiger partial charge on any atom is -0.726 e. The fraction of sp³-hybridized carbons (Fsp3) is 0.694. The Morgan fingerprint density at radius 3 is 1.98 bits per heavy atom. The molecule has 15 nitrogen and oxygen atoms in total. The van der Waals surface area contributed by atoms with Crippen LogP contribution in [0.25, 0.3) is 11.3 Å². The topological polar surface area (TPSA) is 237 Å². The third-order valence-corrected chi connectivity index (χ3v) is 15.2. The molecular formula is C36H49N2Na3O13S3. The molecule has 0 unspecified atom stereocenters. The molecule has 6 rings (SSSR count). The summed E-state index contributed by atoms with van der Waals surface area (Å²) >= 11 is 0. The third-order valence-electron chi connectivity index (χ3n) is 13.7. The number of phenols is 1. The summed E-state index contributed by atoms with van der Waals surface area (Å²) in [5, 5.41) is 9.80. The van der Waals surface area contributed by atoms with Crippen molar-refractivity contribution in [2.75, 3.05) is 0 Å². The van der Waals surface area contributed by atoms with Gasteiger partial charge in [-0.3, -0.25) is 12.5 Å². The van der Waals surface area contributed by atoms with E-state index in [4.69, 9.17) is 8.37 Å². The van der Waals surface area contributed by atoms with Crippen LogP contribution in [0.4, 0.5) is 0 Å². The number of benzene rings is 1. The summed E-state index contributed by atoms with van der Waals surface area (Å²) in [4.78, 5) is 4.43. The molecule has 4 saturated carbocycles. The number of rotatable bonds is 13. The molecule has 21 heteroatoms. The maximum absolute atomic E-state index is 12.1. The quantitative estimate of drug-likeness (QED) is 0.0880. The van der Waals surface area contributed by atoms with Crippen LogP contribution >= 0.6 is 0 Å². The molecule has 57 heavy (non-hydrogen) atoms. The van der Waals surface area contributed by atoms with Gasteiger partial charge in [0.1, 0.15) is 18.0 Å². The van der Waals surface area contributed by atoms with Gasteiger partial charge in [-0.2, -0.15) is 0 Å². The van der Waals surface area contributed by atoms with Crippen molar-refractivity contribution >= 4 is 31.2 Å². The van der Waals surface area contributed by atoms with Crippen molar-refractivity contribution < 1.29 is 145 Å². The predicted octanol–water partition coefficient (Wildman–Crippen LogP) is -3.78. The molecular weight excluding hydrogens is 834 g/mol. The molecule has 1 N–H and O–H groups in total. The molecule has 0 radical (unpaired) electrons. The number of aromatic nitrogens is 2. The zero-order chi connectivity index (χ0) is 39.6. The van der Waals surface area contributed by atoms with Gasteiger partial charge in [0, 0.05) is 5.56 Å². The maximum Gasteiger partial charge on any atom is 1.00 e. The van der Waals surface area contributed by atoms with Crippen molar-refractivity contribution in [2.24, 2.45) is 46.3 Å². The first-order chi connectivity index (χ1) is 25.0. The monoisotopic (exact) mass is 882 g/mol. The summed E-state index contributed by atoms with van der Waals surface area (Å²) in [6.07, 6.45) is 3.61. The number of hydrogen-bond donors (Lipinski definition) is 1. The second kappa shape index (κ2) is 19.5. The zero-order valence-corrected chi connectivity index (χ0v) is 42.2. The van der Waals surface area contributed by atoms with Crippen LogP contribution < -0.4 is 88.7 Å². The molecule has 1 aromatic heterocycles. The Bertz CT molecular complexity index is 2050. The molecule has 0 amide bonds. The van der Waals surface area contributed by atoms with E-state index in [1.165, 1.54) is 0 Å². The van der Waals surface area contributed by atoms with Crippen LogP contribution in [0.5, 0.6) is 5.75 Å². The van der Waals surface area contributed by atoms with Crippen LogP contribution in [0, 0.1) is 46.3 Å². The molecule has 1 aromatic carbocycles. The Labute approximate surface area is 403 Å². The van der Waals surface area contributed by atoms with Gasteiger partial charge in [-0.1, -0.05) is 32.9 Å². The number of aromatic hydroxyl groups is 1. The second-order valence-electron chi connectivity index (χ2n) is 16.7. The minimum absolute atomic E-state index is 0. The minimum atomic E-state index is -5.39. The predicted molar refractivity (Wildman–Crippen MR) is 191 cm³/mol. The molecule has 1 heterocycles. The number of imidazole rings is 1. The van der Waals surface area contributed by atoms with Crippen LogP contribution in [0.1, 0.15) is 91.5 Å². The van der Waals surface area contributed by atoms with Gasteiger partial charge in [-0.25, -0.2) is 30.2 Å². The van der Waals surface area contributed by atoms with Crippen molar-refractivity contribution in [2.45, 2.75) is 110 Å². The summed E-state index contributed by atoms with van der Waals surface area (Å²) in [5.74, 6) is -0.208. The Kier molecular flexibility index (Phi) is 17.8. The van der Waals surface area contributed by atoms with Gasteiger partial charge in [-0.15, -0.1) is 0 Å². The van der Waals surface area contributed by atoms with E-state index in [1.54, 1.807) is 24.7 Å². The van der Waals surface area contributed by atoms with Gasteiger partial charge in [0.05, 0.1) is 30.4 Å². The molecule has 2 aromatic rings. The second-order valence-corrected chi connectivity index (χ2v) is 19.7. The molecule has 302 valence electrons. The zero-order valence-electron chi connectivity index (χ0n) is 33.8.